The van der Waals surface area contributed by atoms with Crippen LogP contribution in [0.2, 0.25) is 0 Å². The first kappa shape index (κ1) is 37.9. The minimum Gasteiger partial charge on any atom is -0.481 e. The molecule has 0 saturated carbocycles. The van der Waals surface area contributed by atoms with E-state index in [-0.39, 0.29) is 18.3 Å². The quantitative estimate of drug-likeness (QED) is 0.0814. The van der Waals surface area contributed by atoms with Crippen LogP contribution in [0.4, 0.5) is 0 Å². The summed E-state index contributed by atoms with van der Waals surface area (Å²) in [6, 6.07) is 0. The van der Waals surface area contributed by atoms with Gasteiger partial charge in [0.1, 0.15) is 0 Å². The van der Waals surface area contributed by atoms with Gasteiger partial charge in [-0.05, 0) is 31.1 Å². The summed E-state index contributed by atoms with van der Waals surface area (Å²) in [4.78, 5) is 22.8. The maximum atomic E-state index is 11.4. The highest BCUT2D eigenvalue weighted by Crippen LogP contribution is 2.41. The van der Waals surface area contributed by atoms with Crippen molar-refractivity contribution in [1.82, 2.24) is 0 Å². The Balaban J connectivity index is 4.32. The van der Waals surface area contributed by atoms with Crippen LogP contribution in [0.1, 0.15) is 206 Å². The molecule has 0 radical (unpaired) electrons. The number of hydrogen-bond donors (Lipinski definition) is 2. The summed E-state index contributed by atoms with van der Waals surface area (Å²) in [7, 11) is 0. The van der Waals surface area contributed by atoms with Crippen LogP contribution >= 0.6 is 0 Å². The molecule has 0 aromatic rings. The van der Waals surface area contributed by atoms with E-state index < -0.39 is 11.9 Å². The second-order valence-electron chi connectivity index (χ2n) is 12.6. The van der Waals surface area contributed by atoms with Gasteiger partial charge < -0.3 is 10.2 Å². The number of rotatable bonds is 32. The first-order chi connectivity index (χ1) is 19.0. The van der Waals surface area contributed by atoms with Gasteiger partial charge in [-0.3, -0.25) is 9.59 Å². The largest absolute Gasteiger partial charge is 0.481 e. The molecular weight excluding hydrogens is 484 g/mol. The van der Waals surface area contributed by atoms with E-state index in [1.165, 1.54) is 141 Å². The van der Waals surface area contributed by atoms with E-state index in [0.29, 0.717) is 12.8 Å². The predicted molar refractivity (Wildman–Crippen MR) is 168 cm³/mol. The fourth-order valence-corrected chi connectivity index (χ4v) is 6.18. The van der Waals surface area contributed by atoms with E-state index in [0.717, 1.165) is 25.7 Å². The van der Waals surface area contributed by atoms with Gasteiger partial charge in [0.05, 0.1) is 0 Å². The predicted octanol–water partition coefficient (Wildman–Crippen LogP) is 11.9. The van der Waals surface area contributed by atoms with Crippen LogP contribution in [0, 0.1) is 5.41 Å². The fraction of sp³-hybridized carbons (Fsp3) is 0.943. The lowest BCUT2D eigenvalue weighted by Gasteiger charge is -2.34. The third kappa shape index (κ3) is 26.9. The summed E-state index contributed by atoms with van der Waals surface area (Å²) in [5.74, 6) is -1.50. The molecule has 0 fully saturated rings. The lowest BCUT2D eigenvalue weighted by atomic mass is 9.71. The first-order valence-electron chi connectivity index (χ1n) is 17.4. The van der Waals surface area contributed by atoms with Crippen LogP contribution in [0.3, 0.4) is 0 Å². The standard InChI is InChI=1S/C35H68O4/c1-3-5-7-9-11-13-15-17-19-21-23-25-29-35(31-27-33(36)37,32-28-34(38)39)30-26-24-22-20-18-16-14-12-10-8-6-4-2/h3-32H2,1-2H3,(H,36,37)(H,38,39). The molecule has 39 heavy (non-hydrogen) atoms. The molecule has 0 aliphatic carbocycles. The Hall–Kier alpha value is -1.06. The zero-order chi connectivity index (χ0) is 28.9. The van der Waals surface area contributed by atoms with Crippen LogP contribution in [0.15, 0.2) is 0 Å². The van der Waals surface area contributed by atoms with Crippen LogP contribution in [-0.4, -0.2) is 22.2 Å². The zero-order valence-corrected chi connectivity index (χ0v) is 26.4. The second kappa shape index (κ2) is 28.5. The zero-order valence-electron chi connectivity index (χ0n) is 26.4. The Morgan fingerprint density at radius 1 is 0.385 bits per heavy atom. The van der Waals surface area contributed by atoms with Crippen molar-refractivity contribution in [2.24, 2.45) is 5.41 Å². The molecule has 0 amide bonds. The minimum atomic E-state index is -0.751. The number of carbonyl (C=O) groups is 2. The van der Waals surface area contributed by atoms with E-state index >= 15 is 0 Å². The highest BCUT2D eigenvalue weighted by Gasteiger charge is 2.30. The second-order valence-corrected chi connectivity index (χ2v) is 12.6. The van der Waals surface area contributed by atoms with Crippen molar-refractivity contribution >= 4 is 11.9 Å². The van der Waals surface area contributed by atoms with Crippen molar-refractivity contribution in [3.05, 3.63) is 0 Å². The molecule has 0 rings (SSSR count). The summed E-state index contributed by atoms with van der Waals surface area (Å²) in [6.07, 6.45) is 35.1. The van der Waals surface area contributed by atoms with E-state index in [2.05, 4.69) is 13.8 Å². The molecule has 0 atom stereocenters. The molecule has 0 saturated heterocycles. The maximum Gasteiger partial charge on any atom is 0.303 e. The number of carboxylic acid groups (broad SMARTS) is 2. The fourth-order valence-electron chi connectivity index (χ4n) is 6.18. The van der Waals surface area contributed by atoms with Gasteiger partial charge in [0.2, 0.25) is 0 Å². The number of carboxylic acids is 2. The average Bonchev–Trinajstić information content (AvgIpc) is 2.91. The number of hydrogen-bond acceptors (Lipinski definition) is 2. The summed E-state index contributed by atoms with van der Waals surface area (Å²) in [6.45, 7) is 4.53. The van der Waals surface area contributed by atoms with Crippen molar-refractivity contribution in [3.63, 3.8) is 0 Å². The van der Waals surface area contributed by atoms with Crippen LogP contribution in [0.5, 0.6) is 0 Å². The van der Waals surface area contributed by atoms with Crippen molar-refractivity contribution in [2.75, 3.05) is 0 Å². The SMILES string of the molecule is CCCCCCCCCCCCCCC(CCCCCCCCCCCCCC)(CCC(=O)O)CCC(=O)O. The summed E-state index contributed by atoms with van der Waals surface area (Å²) >= 11 is 0. The lowest BCUT2D eigenvalue weighted by molar-refractivity contribution is -0.138. The molecule has 0 bridgehead atoms. The molecule has 2 N–H and O–H groups in total. The van der Waals surface area contributed by atoms with Gasteiger partial charge in [0.25, 0.3) is 0 Å². The van der Waals surface area contributed by atoms with Gasteiger partial charge in [-0.15, -0.1) is 0 Å². The number of unbranched alkanes of at least 4 members (excludes halogenated alkanes) is 22. The Morgan fingerprint density at radius 3 is 0.846 bits per heavy atom. The first-order valence-corrected chi connectivity index (χ1v) is 17.4. The van der Waals surface area contributed by atoms with E-state index in [1.54, 1.807) is 0 Å². The van der Waals surface area contributed by atoms with Gasteiger partial charge in [0, 0.05) is 12.8 Å². The molecule has 0 aliphatic rings. The van der Waals surface area contributed by atoms with Crippen LogP contribution in [0.25, 0.3) is 0 Å². The summed E-state index contributed by atoms with van der Waals surface area (Å²) in [5.41, 5.74) is -0.117. The van der Waals surface area contributed by atoms with Crippen molar-refractivity contribution in [1.29, 1.82) is 0 Å². The highest BCUT2D eigenvalue weighted by atomic mass is 16.4. The Kier molecular flexibility index (Phi) is 27.7. The van der Waals surface area contributed by atoms with E-state index in [1.807, 2.05) is 0 Å². The van der Waals surface area contributed by atoms with Crippen LogP contribution in [-0.2, 0) is 9.59 Å². The Bertz CT molecular complexity index is 497. The monoisotopic (exact) mass is 553 g/mol. The summed E-state index contributed by atoms with van der Waals surface area (Å²) in [5, 5.41) is 18.8. The van der Waals surface area contributed by atoms with E-state index in [9.17, 15) is 19.8 Å². The molecule has 0 aromatic heterocycles. The topological polar surface area (TPSA) is 74.6 Å². The lowest BCUT2D eigenvalue weighted by Crippen LogP contribution is -2.24. The molecule has 0 aliphatic heterocycles. The highest BCUT2D eigenvalue weighted by molar-refractivity contribution is 5.67. The smallest absolute Gasteiger partial charge is 0.303 e. The minimum absolute atomic E-state index is 0.117. The van der Waals surface area contributed by atoms with Crippen molar-refractivity contribution in [3.8, 4) is 0 Å². The Labute approximate surface area is 243 Å². The molecule has 0 unspecified atom stereocenters. The third-order valence-corrected chi connectivity index (χ3v) is 8.86. The number of aliphatic carboxylic acids is 2. The van der Waals surface area contributed by atoms with E-state index in [4.69, 9.17) is 0 Å². The van der Waals surface area contributed by atoms with Gasteiger partial charge in [0.15, 0.2) is 0 Å². The average molecular weight is 553 g/mol. The Morgan fingerprint density at radius 2 is 0.615 bits per heavy atom. The van der Waals surface area contributed by atoms with Crippen molar-refractivity contribution in [2.45, 2.75) is 206 Å². The molecule has 4 nitrogen and oxygen atoms in total. The van der Waals surface area contributed by atoms with Gasteiger partial charge >= 0.3 is 11.9 Å². The van der Waals surface area contributed by atoms with Gasteiger partial charge in [-0.1, -0.05) is 168 Å². The van der Waals surface area contributed by atoms with Crippen molar-refractivity contribution < 1.29 is 19.8 Å². The van der Waals surface area contributed by atoms with Gasteiger partial charge in [-0.2, -0.15) is 0 Å². The molecule has 0 spiro atoms. The molecule has 232 valence electrons. The molecule has 0 aromatic carbocycles. The third-order valence-electron chi connectivity index (χ3n) is 8.86. The normalized spacial score (nSPS) is 11.7. The van der Waals surface area contributed by atoms with Gasteiger partial charge in [-0.25, -0.2) is 0 Å². The van der Waals surface area contributed by atoms with Crippen LogP contribution < -0.4 is 0 Å². The molecule has 0 heterocycles. The summed E-state index contributed by atoms with van der Waals surface area (Å²) < 4.78 is 0. The maximum absolute atomic E-state index is 11.4. The molecular formula is C35H68O4. The molecule has 4 heteroatoms.